The molecule has 1 aliphatic heterocycles. The predicted molar refractivity (Wildman–Crippen MR) is 114 cm³/mol. The molecule has 0 saturated heterocycles. The van der Waals surface area contributed by atoms with Crippen LogP contribution in [0.5, 0.6) is 0 Å². The molecule has 7 heteroatoms. The van der Waals surface area contributed by atoms with Gasteiger partial charge in [0, 0.05) is 50.1 Å². The number of hydrogen-bond acceptors (Lipinski definition) is 3. The molecule has 2 heterocycles. The van der Waals surface area contributed by atoms with Gasteiger partial charge >= 0.3 is 6.36 Å². The van der Waals surface area contributed by atoms with Crippen LogP contribution in [0.15, 0.2) is 41.6 Å². The van der Waals surface area contributed by atoms with Gasteiger partial charge in [-0.3, -0.25) is 4.68 Å². The number of hydrogen-bond donors (Lipinski definition) is 0. The Bertz CT molecular complexity index is 773. The number of unbranched alkanes of at least 4 members (excludes halogenated alkanes) is 2. The van der Waals surface area contributed by atoms with E-state index in [1.165, 1.54) is 19.3 Å². The molecule has 30 heavy (non-hydrogen) atoms. The third kappa shape index (κ3) is 7.26. The van der Waals surface area contributed by atoms with Gasteiger partial charge in [-0.05, 0) is 30.4 Å². The van der Waals surface area contributed by atoms with Crippen LogP contribution in [0.1, 0.15) is 71.3 Å². The van der Waals surface area contributed by atoms with E-state index in [0.29, 0.717) is 0 Å². The summed E-state index contributed by atoms with van der Waals surface area (Å²) in [6, 6.07) is 0. The van der Waals surface area contributed by atoms with Gasteiger partial charge in [-0.2, -0.15) is 5.10 Å². The molecule has 168 valence electrons. The second-order valence-corrected chi connectivity index (χ2v) is 7.76. The van der Waals surface area contributed by atoms with Crippen molar-refractivity contribution in [3.8, 4) is 0 Å². The quantitative estimate of drug-likeness (QED) is 0.515. The summed E-state index contributed by atoms with van der Waals surface area (Å²) in [5, 5.41) is 4.14. The Morgan fingerprint density at radius 2 is 1.83 bits per heavy atom. The molecule has 0 saturated carbocycles. The maximum atomic E-state index is 12.8. The van der Waals surface area contributed by atoms with Crippen LogP contribution in [-0.2, 0) is 11.8 Å². The molecular formula is C23H34F3N3O. The Morgan fingerprint density at radius 3 is 2.37 bits per heavy atom. The minimum Gasteiger partial charge on any atom is -0.410 e. The first-order valence-electron chi connectivity index (χ1n) is 10.9. The van der Waals surface area contributed by atoms with E-state index in [9.17, 15) is 13.2 Å². The molecule has 1 aromatic rings. The second kappa shape index (κ2) is 11.3. The van der Waals surface area contributed by atoms with E-state index in [4.69, 9.17) is 0 Å². The third-order valence-corrected chi connectivity index (χ3v) is 5.08. The van der Waals surface area contributed by atoms with Crippen molar-refractivity contribution in [2.75, 3.05) is 13.1 Å². The van der Waals surface area contributed by atoms with Crippen molar-refractivity contribution in [1.82, 2.24) is 14.7 Å². The molecule has 1 aromatic heterocycles. The minimum absolute atomic E-state index is 0.0735. The van der Waals surface area contributed by atoms with Crippen LogP contribution in [0.4, 0.5) is 13.2 Å². The highest BCUT2D eigenvalue weighted by Gasteiger charge is 2.33. The van der Waals surface area contributed by atoms with Gasteiger partial charge in [0.25, 0.3) is 0 Å². The zero-order valence-corrected chi connectivity index (χ0v) is 18.6. The maximum absolute atomic E-state index is 12.8. The summed E-state index contributed by atoms with van der Waals surface area (Å²) >= 11 is 0. The molecule has 0 bridgehead atoms. The molecule has 0 atom stereocenters. The first-order chi connectivity index (χ1) is 14.3. The van der Waals surface area contributed by atoms with E-state index in [2.05, 4.69) is 35.5 Å². The molecule has 1 aliphatic carbocycles. The summed E-state index contributed by atoms with van der Waals surface area (Å²) in [6.07, 6.45) is 9.35. The van der Waals surface area contributed by atoms with Gasteiger partial charge in [-0.1, -0.05) is 46.1 Å². The van der Waals surface area contributed by atoms with Crippen molar-refractivity contribution in [3.05, 3.63) is 47.1 Å². The second-order valence-electron chi connectivity index (χ2n) is 7.76. The molecule has 0 unspecified atom stereocenters. The summed E-state index contributed by atoms with van der Waals surface area (Å²) < 4.78 is 44.5. The van der Waals surface area contributed by atoms with Gasteiger partial charge in [-0.15, -0.1) is 13.2 Å². The van der Waals surface area contributed by atoms with E-state index in [1.54, 1.807) is 24.0 Å². The highest BCUT2D eigenvalue weighted by Crippen LogP contribution is 2.36. The molecule has 0 aromatic carbocycles. The Labute approximate surface area is 178 Å². The molecule has 0 radical (unpaired) electrons. The lowest BCUT2D eigenvalue weighted by Crippen LogP contribution is -2.28. The summed E-state index contributed by atoms with van der Waals surface area (Å²) in [5.74, 6) is -0.0735. The fourth-order valence-corrected chi connectivity index (χ4v) is 3.74. The number of nitrogens with zero attached hydrogens (tertiary/aromatic N) is 3. The largest absolute Gasteiger partial charge is 0.572 e. The monoisotopic (exact) mass is 425 g/mol. The normalized spacial score (nSPS) is 16.8. The average Bonchev–Trinajstić information content (AvgIpc) is 3.01. The van der Waals surface area contributed by atoms with Crippen molar-refractivity contribution < 1.29 is 17.9 Å². The Balaban J connectivity index is 0.000000575. The summed E-state index contributed by atoms with van der Waals surface area (Å²) in [5.41, 5.74) is 3.54. The Hall–Kier alpha value is -2.18. The summed E-state index contributed by atoms with van der Waals surface area (Å²) in [7, 11) is 1.79. The molecule has 3 rings (SSSR count). The highest BCUT2D eigenvalue weighted by atomic mass is 19.4. The minimum atomic E-state index is -4.69. The van der Waals surface area contributed by atoms with Gasteiger partial charge in [0.05, 0.1) is 6.20 Å². The fraction of sp³-hybridized carbons (Fsp3) is 0.609. The number of halogens is 3. The summed E-state index contributed by atoms with van der Waals surface area (Å²) in [6.45, 7) is 8.18. The lowest BCUT2D eigenvalue weighted by molar-refractivity contribution is -0.305. The smallest absolute Gasteiger partial charge is 0.410 e. The van der Waals surface area contributed by atoms with Crippen molar-refractivity contribution in [3.63, 3.8) is 0 Å². The van der Waals surface area contributed by atoms with E-state index >= 15 is 0 Å². The molecular weight excluding hydrogens is 391 g/mol. The van der Waals surface area contributed by atoms with E-state index in [0.717, 1.165) is 54.8 Å². The van der Waals surface area contributed by atoms with Crippen molar-refractivity contribution >= 4 is 5.57 Å². The Kier molecular flexibility index (Phi) is 9.06. The van der Waals surface area contributed by atoms with Crippen LogP contribution in [0, 0.1) is 0 Å². The maximum Gasteiger partial charge on any atom is 0.572 e. The van der Waals surface area contributed by atoms with Crippen LogP contribution in [0.3, 0.4) is 0 Å². The molecule has 2 aliphatic rings. The van der Waals surface area contributed by atoms with E-state index in [1.807, 2.05) is 12.3 Å². The van der Waals surface area contributed by atoms with Crippen LogP contribution in [0.25, 0.3) is 5.57 Å². The standard InChI is InChI=1S/C18H22F3N3O.C5H12/c1-3-6-24-7-4-5-13-8-14(15-11-22-23(2)12-15)9-16(10-17(13)24)25-18(19,20)21;1-3-5-4-2/h8,10-12H,3-7,9H2,1-2H3;3-5H2,1-2H3. The van der Waals surface area contributed by atoms with Crippen LogP contribution >= 0.6 is 0 Å². The number of rotatable bonds is 6. The van der Waals surface area contributed by atoms with Gasteiger partial charge < -0.3 is 9.64 Å². The van der Waals surface area contributed by atoms with E-state index < -0.39 is 6.36 Å². The molecule has 0 fully saturated rings. The zero-order valence-electron chi connectivity index (χ0n) is 18.6. The fourth-order valence-electron chi connectivity index (χ4n) is 3.74. The molecule has 0 N–H and O–H groups in total. The molecule has 0 spiro atoms. The predicted octanol–water partition coefficient (Wildman–Crippen LogP) is 6.58. The highest BCUT2D eigenvalue weighted by molar-refractivity contribution is 5.71. The van der Waals surface area contributed by atoms with Gasteiger partial charge in [0.15, 0.2) is 0 Å². The molecule has 0 amide bonds. The lowest BCUT2D eigenvalue weighted by atomic mass is 9.98. The van der Waals surface area contributed by atoms with E-state index in [-0.39, 0.29) is 12.2 Å². The number of aryl methyl sites for hydroxylation is 1. The van der Waals surface area contributed by atoms with Crippen LogP contribution in [0.2, 0.25) is 0 Å². The number of aromatic nitrogens is 2. The van der Waals surface area contributed by atoms with Crippen LogP contribution < -0.4 is 0 Å². The topological polar surface area (TPSA) is 30.3 Å². The number of ether oxygens (including phenoxy) is 1. The third-order valence-electron chi connectivity index (χ3n) is 5.08. The van der Waals surface area contributed by atoms with Gasteiger partial charge in [0.2, 0.25) is 0 Å². The van der Waals surface area contributed by atoms with Crippen LogP contribution in [-0.4, -0.2) is 34.1 Å². The molecule has 4 nitrogen and oxygen atoms in total. The Morgan fingerprint density at radius 1 is 1.10 bits per heavy atom. The van der Waals surface area contributed by atoms with Crippen molar-refractivity contribution in [1.29, 1.82) is 0 Å². The first-order valence-corrected chi connectivity index (χ1v) is 10.9. The summed E-state index contributed by atoms with van der Waals surface area (Å²) in [4.78, 5) is 2.15. The lowest BCUT2D eigenvalue weighted by Gasteiger charge is -2.31. The first kappa shape index (κ1) is 24.1. The average molecular weight is 426 g/mol. The SMILES string of the molecule is CCCCC.CCCN1CCCC2=C1C=C(OC(F)(F)F)CC(c1cnn(C)c1)=C2. The van der Waals surface area contributed by atoms with Crippen molar-refractivity contribution in [2.24, 2.45) is 7.05 Å². The number of allylic oxidation sites excluding steroid dienone is 4. The van der Waals surface area contributed by atoms with Crippen molar-refractivity contribution in [2.45, 2.75) is 72.1 Å². The van der Waals surface area contributed by atoms with Gasteiger partial charge in [-0.25, -0.2) is 0 Å². The number of alkyl halides is 3. The van der Waals surface area contributed by atoms with Gasteiger partial charge in [0.1, 0.15) is 5.76 Å². The zero-order chi connectivity index (χ0) is 22.1.